The second kappa shape index (κ2) is 8.21. The molecule has 0 spiro atoms. The summed E-state index contributed by atoms with van der Waals surface area (Å²) < 4.78 is 10.5. The van der Waals surface area contributed by atoms with E-state index in [0.29, 0.717) is 5.39 Å². The van der Waals surface area contributed by atoms with Gasteiger partial charge in [0, 0.05) is 6.07 Å². The highest BCUT2D eigenvalue weighted by Crippen LogP contribution is 2.24. The van der Waals surface area contributed by atoms with Crippen molar-refractivity contribution in [2.24, 2.45) is 0 Å². The molecule has 4 aromatic rings. The largest absolute Gasteiger partial charge is 0.450 e. The summed E-state index contributed by atoms with van der Waals surface area (Å²) in [5, 5.41) is 5.32. The maximum atomic E-state index is 12.3. The van der Waals surface area contributed by atoms with Crippen LogP contribution in [0.4, 0.5) is 0 Å². The van der Waals surface area contributed by atoms with Gasteiger partial charge in [-0.25, -0.2) is 4.79 Å². The van der Waals surface area contributed by atoms with Gasteiger partial charge >= 0.3 is 5.97 Å². The molecule has 0 unspecified atom stereocenters. The fraction of sp³-hybridized carbons (Fsp3) is 0.125. The average Bonchev–Trinajstić information content (AvgIpc) is 2.77. The predicted molar refractivity (Wildman–Crippen MR) is 113 cm³/mol. The van der Waals surface area contributed by atoms with Crippen molar-refractivity contribution in [3.63, 3.8) is 0 Å². The molecule has 0 aliphatic heterocycles. The molecule has 0 bridgehead atoms. The topological polar surface area (TPSA) is 85.6 Å². The molecule has 0 aliphatic carbocycles. The highest BCUT2D eigenvalue weighted by molar-refractivity contribution is 5.91. The van der Waals surface area contributed by atoms with E-state index >= 15 is 0 Å². The van der Waals surface area contributed by atoms with Gasteiger partial charge in [-0.05, 0) is 35.4 Å². The summed E-state index contributed by atoms with van der Waals surface area (Å²) in [7, 11) is 0. The zero-order valence-electron chi connectivity index (χ0n) is 16.3. The van der Waals surface area contributed by atoms with E-state index in [1.165, 1.54) is 0 Å². The van der Waals surface area contributed by atoms with E-state index < -0.39 is 18.5 Å². The Morgan fingerprint density at radius 1 is 0.967 bits per heavy atom. The molecule has 4 rings (SSSR count). The summed E-state index contributed by atoms with van der Waals surface area (Å²) in [4.78, 5) is 36.6. The Bertz CT molecular complexity index is 1300. The van der Waals surface area contributed by atoms with Crippen molar-refractivity contribution in [1.82, 2.24) is 5.32 Å². The van der Waals surface area contributed by atoms with E-state index in [9.17, 15) is 14.4 Å². The maximum Gasteiger partial charge on any atom is 0.374 e. The van der Waals surface area contributed by atoms with E-state index in [0.717, 1.165) is 22.4 Å². The van der Waals surface area contributed by atoms with Crippen LogP contribution in [0.3, 0.4) is 0 Å². The molecule has 0 aliphatic rings. The monoisotopic (exact) mass is 401 g/mol. The third-order valence-electron chi connectivity index (χ3n) is 4.84. The second-order valence-electron chi connectivity index (χ2n) is 6.90. The van der Waals surface area contributed by atoms with Crippen LogP contribution < -0.4 is 10.7 Å². The Labute approximate surface area is 172 Å². The van der Waals surface area contributed by atoms with Gasteiger partial charge < -0.3 is 14.5 Å². The Morgan fingerprint density at radius 3 is 2.50 bits per heavy atom. The molecule has 0 saturated heterocycles. The zero-order valence-corrected chi connectivity index (χ0v) is 16.3. The van der Waals surface area contributed by atoms with Gasteiger partial charge in [-0.2, -0.15) is 0 Å². The van der Waals surface area contributed by atoms with Crippen molar-refractivity contribution in [2.45, 2.75) is 13.0 Å². The van der Waals surface area contributed by atoms with Crippen LogP contribution in [-0.4, -0.2) is 18.5 Å². The van der Waals surface area contributed by atoms with Gasteiger partial charge in [0.25, 0.3) is 5.91 Å². The summed E-state index contributed by atoms with van der Waals surface area (Å²) >= 11 is 0. The first-order chi connectivity index (χ1) is 14.5. The smallest absolute Gasteiger partial charge is 0.374 e. The zero-order chi connectivity index (χ0) is 21.1. The van der Waals surface area contributed by atoms with Crippen LogP contribution in [0.15, 0.2) is 82.0 Å². The number of benzene rings is 3. The first-order valence-electron chi connectivity index (χ1n) is 9.50. The molecule has 30 heavy (non-hydrogen) atoms. The quantitative estimate of drug-likeness (QED) is 0.511. The number of para-hydroxylation sites is 1. The van der Waals surface area contributed by atoms with Crippen molar-refractivity contribution >= 4 is 33.6 Å². The van der Waals surface area contributed by atoms with Crippen LogP contribution in [0.5, 0.6) is 0 Å². The van der Waals surface area contributed by atoms with Crippen LogP contribution in [-0.2, 0) is 9.53 Å². The molecule has 1 heterocycles. The Morgan fingerprint density at radius 2 is 1.67 bits per heavy atom. The van der Waals surface area contributed by atoms with Crippen LogP contribution in [0.25, 0.3) is 21.7 Å². The molecule has 3 aromatic carbocycles. The van der Waals surface area contributed by atoms with Crippen molar-refractivity contribution in [2.75, 3.05) is 6.61 Å². The minimum atomic E-state index is -0.870. The fourth-order valence-electron chi connectivity index (χ4n) is 3.40. The van der Waals surface area contributed by atoms with Crippen LogP contribution in [0.2, 0.25) is 0 Å². The summed E-state index contributed by atoms with van der Waals surface area (Å²) in [6.45, 7) is 1.38. The van der Waals surface area contributed by atoms with E-state index in [-0.39, 0.29) is 22.8 Å². The van der Waals surface area contributed by atoms with Crippen LogP contribution in [0.1, 0.15) is 29.1 Å². The van der Waals surface area contributed by atoms with Gasteiger partial charge in [-0.1, -0.05) is 54.6 Å². The standard InChI is InChI=1S/C24H19NO5/c1-15(17-11-6-8-16-7-2-3-9-18(16)17)25-23(27)14-29-24(28)22-13-20(26)19-10-4-5-12-21(19)30-22/h2-13,15H,14H2,1H3,(H,25,27)/t15-/m0/s1. The number of ether oxygens (including phenoxy) is 1. The Balaban J connectivity index is 1.42. The molecule has 6 heteroatoms. The molecule has 0 saturated carbocycles. The molecule has 6 nitrogen and oxygen atoms in total. The van der Waals surface area contributed by atoms with Crippen molar-refractivity contribution in [1.29, 1.82) is 0 Å². The van der Waals surface area contributed by atoms with Crippen LogP contribution >= 0.6 is 0 Å². The lowest BCUT2D eigenvalue weighted by molar-refractivity contribution is -0.124. The Hall–Kier alpha value is -3.93. The molecule has 1 aromatic heterocycles. The molecule has 1 atom stereocenters. The Kier molecular flexibility index (Phi) is 5.30. The van der Waals surface area contributed by atoms with Gasteiger partial charge in [-0.15, -0.1) is 0 Å². The van der Waals surface area contributed by atoms with Crippen molar-refractivity contribution in [3.05, 3.63) is 94.3 Å². The number of hydrogen-bond donors (Lipinski definition) is 1. The van der Waals surface area contributed by atoms with Gasteiger partial charge in [0.1, 0.15) is 5.58 Å². The molecule has 1 N–H and O–H groups in total. The number of rotatable bonds is 5. The maximum absolute atomic E-state index is 12.3. The van der Waals surface area contributed by atoms with Crippen molar-refractivity contribution < 1.29 is 18.7 Å². The highest BCUT2D eigenvalue weighted by Gasteiger charge is 2.17. The van der Waals surface area contributed by atoms with Gasteiger partial charge in [0.05, 0.1) is 11.4 Å². The van der Waals surface area contributed by atoms with Gasteiger partial charge in [-0.3, -0.25) is 9.59 Å². The van der Waals surface area contributed by atoms with E-state index in [4.69, 9.17) is 9.15 Å². The summed E-state index contributed by atoms with van der Waals surface area (Å²) in [6.07, 6.45) is 0. The molecular formula is C24H19NO5. The summed E-state index contributed by atoms with van der Waals surface area (Å²) in [5.74, 6) is -1.56. The first kappa shape index (κ1) is 19.4. The second-order valence-corrected chi connectivity index (χ2v) is 6.90. The number of carbonyl (C=O) groups excluding carboxylic acids is 2. The third kappa shape index (κ3) is 3.93. The third-order valence-corrected chi connectivity index (χ3v) is 4.84. The number of nitrogens with one attached hydrogen (secondary N) is 1. The number of fused-ring (bicyclic) bond motifs is 2. The molecule has 1 amide bonds. The summed E-state index contributed by atoms with van der Waals surface area (Å²) in [6, 6.07) is 21.2. The summed E-state index contributed by atoms with van der Waals surface area (Å²) in [5.41, 5.74) is 0.900. The lowest BCUT2D eigenvalue weighted by Crippen LogP contribution is -2.31. The number of amides is 1. The van der Waals surface area contributed by atoms with Crippen LogP contribution in [0, 0.1) is 0 Å². The first-order valence-corrected chi connectivity index (χ1v) is 9.50. The lowest BCUT2D eigenvalue weighted by atomic mass is 10.00. The van der Waals surface area contributed by atoms with E-state index in [1.54, 1.807) is 24.3 Å². The molecule has 150 valence electrons. The van der Waals surface area contributed by atoms with E-state index in [2.05, 4.69) is 5.32 Å². The SMILES string of the molecule is C[C@H](NC(=O)COC(=O)c1cc(=O)c2ccccc2o1)c1cccc2ccccc12. The normalized spacial score (nSPS) is 11.9. The predicted octanol–water partition coefficient (Wildman–Crippen LogP) is 3.98. The lowest BCUT2D eigenvalue weighted by Gasteiger charge is -2.16. The van der Waals surface area contributed by atoms with Crippen molar-refractivity contribution in [3.8, 4) is 0 Å². The van der Waals surface area contributed by atoms with Gasteiger partial charge in [0.15, 0.2) is 12.0 Å². The minimum absolute atomic E-state index is 0.242. The highest BCUT2D eigenvalue weighted by atomic mass is 16.5. The fourth-order valence-corrected chi connectivity index (χ4v) is 3.40. The number of esters is 1. The minimum Gasteiger partial charge on any atom is -0.450 e. The van der Waals surface area contributed by atoms with E-state index in [1.807, 2.05) is 49.4 Å². The van der Waals surface area contributed by atoms with Gasteiger partial charge in [0.2, 0.25) is 5.76 Å². The molecule has 0 fully saturated rings. The molecular weight excluding hydrogens is 382 g/mol. The number of hydrogen-bond acceptors (Lipinski definition) is 5. The number of carbonyl (C=O) groups is 2. The molecule has 0 radical (unpaired) electrons. The average molecular weight is 401 g/mol.